The molecule has 1 aromatic carbocycles. The van der Waals surface area contributed by atoms with E-state index in [1.165, 1.54) is 11.0 Å². The van der Waals surface area contributed by atoms with Gasteiger partial charge in [0.15, 0.2) is 0 Å². The summed E-state index contributed by atoms with van der Waals surface area (Å²) < 4.78 is 33.5. The number of nitrogens with zero attached hydrogens (tertiary/aromatic N) is 2. The van der Waals surface area contributed by atoms with Crippen LogP contribution in [0, 0.1) is 12.7 Å². The van der Waals surface area contributed by atoms with Crippen molar-refractivity contribution >= 4 is 6.09 Å². The molecular weight excluding hydrogens is 352 g/mol. The monoisotopic (exact) mass is 377 g/mol. The summed E-state index contributed by atoms with van der Waals surface area (Å²) in [6.07, 6.45) is 0.357. The number of rotatable bonds is 2. The van der Waals surface area contributed by atoms with Crippen molar-refractivity contribution < 1.29 is 18.3 Å². The quantitative estimate of drug-likeness (QED) is 0.833. The maximum Gasteiger partial charge on any atom is 0.410 e. The van der Waals surface area contributed by atoms with Crippen LogP contribution in [0.15, 0.2) is 24.4 Å². The fraction of sp³-hybridized carbons (Fsp3) is 0.500. The smallest absolute Gasteiger partial charge is 0.410 e. The largest absolute Gasteiger partial charge is 0.444 e. The summed E-state index contributed by atoms with van der Waals surface area (Å²) in [6.45, 7) is 7.43. The molecule has 2 atom stereocenters. The number of carbonyl (C=O) groups is 1. The van der Waals surface area contributed by atoms with Crippen LogP contribution in [0.3, 0.4) is 0 Å². The van der Waals surface area contributed by atoms with E-state index in [9.17, 15) is 13.6 Å². The Morgan fingerprint density at radius 1 is 1.37 bits per heavy atom. The first-order valence-electron chi connectivity index (χ1n) is 9.07. The number of amides is 1. The van der Waals surface area contributed by atoms with Gasteiger partial charge in [0.05, 0.1) is 24.4 Å². The molecule has 0 unspecified atom stereocenters. The van der Waals surface area contributed by atoms with Crippen molar-refractivity contribution in [2.24, 2.45) is 0 Å². The van der Waals surface area contributed by atoms with Crippen LogP contribution in [0.25, 0.3) is 11.3 Å². The first kappa shape index (κ1) is 19.3. The zero-order valence-electron chi connectivity index (χ0n) is 16.1. The zero-order valence-corrected chi connectivity index (χ0v) is 16.1. The standard InChI is InChI=1S/C20H25F2N3O2/c1-12-9-13(5-6-15(12)21)17-10-23-18(24-17)14-7-8-25(11-16(14)22)19(26)27-20(2,3)4/h5-6,9-10,14,16H,7-8,11H2,1-4H3,(H,23,24)/t14-,16+/m0/s1. The predicted molar refractivity (Wildman–Crippen MR) is 98.8 cm³/mol. The second kappa shape index (κ2) is 7.29. The van der Waals surface area contributed by atoms with Crippen molar-refractivity contribution in [3.63, 3.8) is 0 Å². The number of hydrogen-bond acceptors (Lipinski definition) is 3. The summed E-state index contributed by atoms with van der Waals surface area (Å²) in [6, 6.07) is 4.80. The summed E-state index contributed by atoms with van der Waals surface area (Å²) in [5.74, 6) is -0.140. The summed E-state index contributed by atoms with van der Waals surface area (Å²) >= 11 is 0. The van der Waals surface area contributed by atoms with Crippen LogP contribution in [0.2, 0.25) is 0 Å². The van der Waals surface area contributed by atoms with Gasteiger partial charge in [-0.25, -0.2) is 18.6 Å². The Morgan fingerprint density at radius 2 is 2.11 bits per heavy atom. The number of aromatic nitrogens is 2. The summed E-state index contributed by atoms with van der Waals surface area (Å²) in [5, 5.41) is 0. The second-order valence-corrected chi connectivity index (χ2v) is 7.98. The normalized spacial score (nSPS) is 20.6. The van der Waals surface area contributed by atoms with E-state index >= 15 is 0 Å². The van der Waals surface area contributed by atoms with E-state index in [2.05, 4.69) is 9.97 Å². The van der Waals surface area contributed by atoms with Gasteiger partial charge in [0.1, 0.15) is 23.4 Å². The Kier molecular flexibility index (Phi) is 5.22. The van der Waals surface area contributed by atoms with Crippen LogP contribution in [0.1, 0.15) is 44.5 Å². The van der Waals surface area contributed by atoms with Gasteiger partial charge < -0.3 is 14.6 Å². The second-order valence-electron chi connectivity index (χ2n) is 7.98. The lowest BCUT2D eigenvalue weighted by Gasteiger charge is -2.34. The van der Waals surface area contributed by atoms with Crippen LogP contribution < -0.4 is 0 Å². The van der Waals surface area contributed by atoms with E-state index in [0.717, 1.165) is 11.3 Å². The molecule has 0 saturated carbocycles. The van der Waals surface area contributed by atoms with Gasteiger partial charge in [-0.2, -0.15) is 0 Å². The van der Waals surface area contributed by atoms with Gasteiger partial charge in [0, 0.05) is 12.1 Å². The van der Waals surface area contributed by atoms with Crippen LogP contribution in [-0.2, 0) is 4.74 Å². The van der Waals surface area contributed by atoms with E-state index in [-0.39, 0.29) is 12.4 Å². The van der Waals surface area contributed by atoms with Crippen LogP contribution in [0.5, 0.6) is 0 Å². The van der Waals surface area contributed by atoms with Crippen molar-refractivity contribution in [2.45, 2.75) is 51.8 Å². The van der Waals surface area contributed by atoms with Gasteiger partial charge >= 0.3 is 6.09 Å². The third-order valence-electron chi connectivity index (χ3n) is 4.61. The number of hydrogen-bond donors (Lipinski definition) is 1. The van der Waals surface area contributed by atoms with Crippen molar-refractivity contribution in [2.75, 3.05) is 13.1 Å². The molecule has 0 spiro atoms. The van der Waals surface area contributed by atoms with Gasteiger partial charge in [-0.15, -0.1) is 0 Å². The van der Waals surface area contributed by atoms with E-state index in [0.29, 0.717) is 24.4 Å². The SMILES string of the molecule is Cc1cc(-c2cnc([C@H]3CCN(C(=O)OC(C)(C)C)C[C@H]3F)[nH]2)ccc1F. The number of aryl methyl sites for hydroxylation is 1. The summed E-state index contributed by atoms with van der Waals surface area (Å²) in [5.41, 5.74) is 1.45. The topological polar surface area (TPSA) is 58.2 Å². The van der Waals surface area contributed by atoms with Gasteiger partial charge in [-0.05, 0) is 57.9 Å². The van der Waals surface area contributed by atoms with Crippen molar-refractivity contribution in [3.8, 4) is 11.3 Å². The number of imidazole rings is 1. The fourth-order valence-corrected chi connectivity index (χ4v) is 3.19. The molecule has 0 aliphatic carbocycles. The Bertz CT molecular complexity index is 829. The van der Waals surface area contributed by atoms with Gasteiger partial charge in [0.2, 0.25) is 0 Å². The lowest BCUT2D eigenvalue weighted by molar-refractivity contribution is 0.0107. The zero-order chi connectivity index (χ0) is 19.8. The van der Waals surface area contributed by atoms with Crippen molar-refractivity contribution in [1.82, 2.24) is 14.9 Å². The van der Waals surface area contributed by atoms with Crippen molar-refractivity contribution in [1.29, 1.82) is 0 Å². The minimum absolute atomic E-state index is 0.0225. The number of likely N-dealkylation sites (tertiary alicyclic amines) is 1. The highest BCUT2D eigenvalue weighted by molar-refractivity contribution is 5.68. The van der Waals surface area contributed by atoms with Crippen LogP contribution in [-0.4, -0.2) is 45.8 Å². The Hall–Kier alpha value is -2.44. The molecule has 1 aliphatic rings. The first-order valence-corrected chi connectivity index (χ1v) is 9.07. The molecule has 2 heterocycles. The average Bonchev–Trinajstić information content (AvgIpc) is 3.05. The summed E-state index contributed by atoms with van der Waals surface area (Å²) in [4.78, 5) is 21.0. The van der Waals surface area contributed by atoms with Crippen LogP contribution >= 0.6 is 0 Å². The highest BCUT2D eigenvalue weighted by atomic mass is 19.1. The minimum Gasteiger partial charge on any atom is -0.444 e. The number of piperidine rings is 1. The number of nitrogens with one attached hydrogen (secondary N) is 1. The number of ether oxygens (including phenoxy) is 1. The summed E-state index contributed by atoms with van der Waals surface area (Å²) in [7, 11) is 0. The Labute approximate surface area is 157 Å². The number of aromatic amines is 1. The molecule has 0 radical (unpaired) electrons. The third kappa shape index (κ3) is 4.46. The maximum atomic E-state index is 14.7. The van der Waals surface area contributed by atoms with Gasteiger partial charge in [-0.1, -0.05) is 0 Å². The molecule has 1 saturated heterocycles. The van der Waals surface area contributed by atoms with Crippen LogP contribution in [0.4, 0.5) is 13.6 Å². The average molecular weight is 377 g/mol. The fourth-order valence-electron chi connectivity index (χ4n) is 3.19. The van der Waals surface area contributed by atoms with E-state index in [1.54, 1.807) is 46.0 Å². The lowest BCUT2D eigenvalue weighted by Crippen LogP contribution is -2.46. The Morgan fingerprint density at radius 3 is 2.74 bits per heavy atom. The number of halogens is 2. The third-order valence-corrected chi connectivity index (χ3v) is 4.61. The molecule has 146 valence electrons. The molecule has 1 N–H and O–H groups in total. The maximum absolute atomic E-state index is 14.7. The number of alkyl halides is 1. The molecule has 27 heavy (non-hydrogen) atoms. The highest BCUT2D eigenvalue weighted by Crippen LogP contribution is 2.31. The number of carbonyl (C=O) groups excluding carboxylic acids is 1. The molecule has 0 bridgehead atoms. The number of H-pyrrole nitrogens is 1. The highest BCUT2D eigenvalue weighted by Gasteiger charge is 2.35. The first-order chi connectivity index (χ1) is 12.6. The molecule has 1 aliphatic heterocycles. The van der Waals surface area contributed by atoms with Gasteiger partial charge in [-0.3, -0.25) is 0 Å². The predicted octanol–water partition coefficient (Wildman–Crippen LogP) is 4.59. The Balaban J connectivity index is 1.69. The molecule has 1 amide bonds. The number of benzene rings is 1. The minimum atomic E-state index is -1.24. The van der Waals surface area contributed by atoms with E-state index in [4.69, 9.17) is 4.74 Å². The van der Waals surface area contributed by atoms with Gasteiger partial charge in [0.25, 0.3) is 0 Å². The molecule has 5 nitrogen and oxygen atoms in total. The lowest BCUT2D eigenvalue weighted by atomic mass is 9.94. The van der Waals surface area contributed by atoms with Crippen molar-refractivity contribution in [3.05, 3.63) is 41.6 Å². The molecular formula is C20H25F2N3O2. The molecule has 1 aromatic heterocycles. The molecule has 3 rings (SSSR count). The van der Waals surface area contributed by atoms with E-state index in [1.807, 2.05) is 0 Å². The molecule has 1 fully saturated rings. The molecule has 2 aromatic rings. The molecule has 7 heteroatoms. The van der Waals surface area contributed by atoms with E-state index < -0.39 is 23.8 Å².